The quantitative estimate of drug-likeness (QED) is 0.139. The first-order chi connectivity index (χ1) is 20.4. The minimum absolute atomic E-state index is 0.293. The number of nitrogen functional groups attached to an aromatic ring is 2. The molecule has 0 spiro atoms. The highest BCUT2D eigenvalue weighted by molar-refractivity contribution is 7.58. The number of nitrogens with two attached hydrogens (primary N) is 2. The van der Waals surface area contributed by atoms with E-state index in [1.54, 1.807) is 0 Å². The van der Waals surface area contributed by atoms with Gasteiger partial charge in [0.05, 0.1) is 22.7 Å². The average Bonchev–Trinajstić information content (AvgIpc) is 3.70. The van der Waals surface area contributed by atoms with Gasteiger partial charge in [-0.05, 0) is 83.9 Å². The van der Waals surface area contributed by atoms with Gasteiger partial charge in [-0.25, -0.2) is 0 Å². The molecule has 0 saturated heterocycles. The molecule has 0 saturated carbocycles. The minimum Gasteiger partial charge on any atom is -0.406 e. The Morgan fingerprint density at radius 1 is 0.512 bits per heavy atom. The van der Waals surface area contributed by atoms with Crippen molar-refractivity contribution in [1.82, 2.24) is 0 Å². The number of hydrogen-bond acceptors (Lipinski definition) is 8. The van der Waals surface area contributed by atoms with Crippen molar-refractivity contribution in [1.29, 1.82) is 0 Å². The summed E-state index contributed by atoms with van der Waals surface area (Å²) < 4.78 is 92.0. The monoisotopic (exact) mass is 650 g/mol. The normalized spacial score (nSPS) is 12.7. The van der Waals surface area contributed by atoms with Crippen LogP contribution in [0.1, 0.15) is 0 Å². The SMILES string of the molecule is Nc1c(N)c(-c2ccc(-c3ccc(OC(F)(F)F)cc3)s2)c2c(c1-c1ccc(-c3ccc(OC(F)(F)F)cc3)s1)N=S=N2. The van der Waals surface area contributed by atoms with Gasteiger partial charge in [-0.1, -0.05) is 0 Å². The number of alkyl halides is 6. The second kappa shape index (κ2) is 10.7. The Morgan fingerprint density at radius 2 is 0.860 bits per heavy atom. The van der Waals surface area contributed by atoms with Gasteiger partial charge in [0.15, 0.2) is 0 Å². The number of thiophene rings is 2. The Kier molecular flexibility index (Phi) is 7.18. The molecular weight excluding hydrogens is 635 g/mol. The average molecular weight is 651 g/mol. The molecule has 0 atom stereocenters. The molecule has 4 N–H and O–H groups in total. The summed E-state index contributed by atoms with van der Waals surface area (Å²) in [7, 11) is 0. The second-order valence-corrected chi connectivity index (χ2v) is 11.7. The van der Waals surface area contributed by atoms with Gasteiger partial charge < -0.3 is 20.9 Å². The zero-order chi connectivity index (χ0) is 30.5. The molecule has 6 nitrogen and oxygen atoms in total. The lowest BCUT2D eigenvalue weighted by Crippen LogP contribution is -2.16. The van der Waals surface area contributed by atoms with Crippen LogP contribution < -0.4 is 20.9 Å². The first-order valence-corrected chi connectivity index (χ1v) is 14.5. The highest BCUT2D eigenvalue weighted by Crippen LogP contribution is 2.56. The van der Waals surface area contributed by atoms with Crippen LogP contribution >= 0.6 is 22.7 Å². The molecule has 220 valence electrons. The predicted octanol–water partition coefficient (Wildman–Crippen LogP) is 10.2. The van der Waals surface area contributed by atoms with Gasteiger partial charge in [0.25, 0.3) is 0 Å². The lowest BCUT2D eigenvalue weighted by atomic mass is 9.99. The number of nitrogens with zero attached hydrogens (tertiary/aromatic N) is 2. The molecule has 0 radical (unpaired) electrons. The highest BCUT2D eigenvalue weighted by Gasteiger charge is 2.32. The highest BCUT2D eigenvalue weighted by atomic mass is 32.1. The molecule has 2 aromatic heterocycles. The van der Waals surface area contributed by atoms with Crippen molar-refractivity contribution in [3.63, 3.8) is 0 Å². The maximum Gasteiger partial charge on any atom is 0.573 e. The topological polar surface area (TPSA) is 95.2 Å². The third-order valence-corrected chi connectivity index (χ3v) is 9.07. The zero-order valence-electron chi connectivity index (χ0n) is 21.3. The van der Waals surface area contributed by atoms with Crippen molar-refractivity contribution in [2.75, 3.05) is 11.5 Å². The van der Waals surface area contributed by atoms with Crippen LogP contribution in [0.15, 0.2) is 81.5 Å². The third-order valence-electron chi connectivity index (χ3n) is 6.24. The summed E-state index contributed by atoms with van der Waals surface area (Å²) in [5.74, 6) is -0.639. The fourth-order valence-electron chi connectivity index (χ4n) is 4.44. The molecule has 3 heterocycles. The van der Waals surface area contributed by atoms with E-state index in [2.05, 4.69) is 18.2 Å². The smallest absolute Gasteiger partial charge is 0.406 e. The second-order valence-electron chi connectivity index (χ2n) is 9.01. The molecule has 3 aromatic carbocycles. The summed E-state index contributed by atoms with van der Waals surface area (Å²) in [6, 6.07) is 18.4. The Hall–Kier alpha value is -4.34. The molecule has 1 aliphatic heterocycles. The lowest BCUT2D eigenvalue weighted by molar-refractivity contribution is -0.275. The van der Waals surface area contributed by atoms with Crippen LogP contribution in [0, 0.1) is 0 Å². The maximum atomic E-state index is 12.5. The molecule has 0 unspecified atom stereocenters. The molecule has 1 aliphatic rings. The van der Waals surface area contributed by atoms with Gasteiger partial charge in [-0.15, -0.1) is 49.0 Å². The number of ether oxygens (including phenoxy) is 2. The largest absolute Gasteiger partial charge is 0.573 e. The van der Waals surface area contributed by atoms with E-state index in [0.29, 0.717) is 45.0 Å². The van der Waals surface area contributed by atoms with Gasteiger partial charge in [-0.2, -0.15) is 8.73 Å². The van der Waals surface area contributed by atoms with E-state index in [1.165, 1.54) is 71.2 Å². The Labute approximate surface area is 251 Å². The first-order valence-electron chi connectivity index (χ1n) is 12.1. The number of fused-ring (bicyclic) bond motifs is 1. The van der Waals surface area contributed by atoms with Crippen LogP contribution in [0.2, 0.25) is 0 Å². The Morgan fingerprint density at radius 3 is 1.21 bits per heavy atom. The van der Waals surface area contributed by atoms with Gasteiger partial charge in [0, 0.05) is 30.6 Å². The summed E-state index contributed by atoms with van der Waals surface area (Å²) in [5.41, 5.74) is 17.4. The molecule has 43 heavy (non-hydrogen) atoms. The van der Waals surface area contributed by atoms with Gasteiger partial charge in [-0.3, -0.25) is 0 Å². The van der Waals surface area contributed by atoms with Crippen molar-refractivity contribution in [3.8, 4) is 53.3 Å². The van der Waals surface area contributed by atoms with Crippen molar-refractivity contribution in [2.45, 2.75) is 12.7 Å². The summed E-state index contributed by atoms with van der Waals surface area (Å²) in [6.45, 7) is 0. The van der Waals surface area contributed by atoms with E-state index in [0.717, 1.165) is 30.9 Å². The first kappa shape index (κ1) is 28.8. The van der Waals surface area contributed by atoms with E-state index in [4.69, 9.17) is 11.5 Å². The van der Waals surface area contributed by atoms with E-state index < -0.39 is 12.7 Å². The van der Waals surface area contributed by atoms with Crippen LogP contribution in [-0.2, 0) is 11.4 Å². The summed E-state index contributed by atoms with van der Waals surface area (Å²) >= 11 is 3.73. The molecule has 5 aromatic rings. The molecular formula is C28H16F6N4O2S3. The summed E-state index contributed by atoms with van der Waals surface area (Å²) in [6.07, 6.45) is -9.56. The number of hydrogen-bond donors (Lipinski definition) is 2. The molecule has 0 bridgehead atoms. The molecule has 0 fully saturated rings. The number of benzene rings is 3. The Balaban J connectivity index is 1.32. The zero-order valence-corrected chi connectivity index (χ0v) is 23.7. The molecule has 0 aliphatic carbocycles. The van der Waals surface area contributed by atoms with E-state index in [9.17, 15) is 26.3 Å². The van der Waals surface area contributed by atoms with E-state index >= 15 is 0 Å². The standard InChI is InChI=1S/C28H16F6N4O2S3/c29-27(30,31)39-15-5-1-13(2-6-15)17-9-11-19(41-17)21-23(35)24(36)22(26-25(21)37-43-38-26)20-12-10-18(42-20)14-3-7-16(8-4-14)40-28(32,33)34/h1-12H,35-36H2. The van der Waals surface area contributed by atoms with Gasteiger partial charge in [0.2, 0.25) is 0 Å². The van der Waals surface area contributed by atoms with Crippen LogP contribution in [0.25, 0.3) is 41.8 Å². The Bertz CT molecular complexity index is 1770. The summed E-state index contributed by atoms with van der Waals surface area (Å²) in [5, 5.41) is 0. The van der Waals surface area contributed by atoms with Gasteiger partial charge in [0.1, 0.15) is 22.9 Å². The van der Waals surface area contributed by atoms with E-state index in [1.807, 2.05) is 24.3 Å². The summed E-state index contributed by atoms with van der Waals surface area (Å²) in [4.78, 5) is 3.04. The van der Waals surface area contributed by atoms with Crippen molar-refractivity contribution >= 4 is 56.8 Å². The van der Waals surface area contributed by atoms with Crippen molar-refractivity contribution in [3.05, 3.63) is 72.8 Å². The van der Waals surface area contributed by atoms with Crippen LogP contribution in [0.4, 0.5) is 49.1 Å². The van der Waals surface area contributed by atoms with E-state index in [-0.39, 0.29) is 11.5 Å². The number of rotatable bonds is 6. The fourth-order valence-corrected chi connectivity index (χ4v) is 7.14. The third kappa shape index (κ3) is 5.96. The van der Waals surface area contributed by atoms with Crippen molar-refractivity contribution < 1.29 is 35.8 Å². The molecule has 6 rings (SSSR count). The molecule has 15 heteroatoms. The number of halogens is 6. The maximum absolute atomic E-state index is 12.5. The van der Waals surface area contributed by atoms with Crippen LogP contribution in [0.5, 0.6) is 11.5 Å². The van der Waals surface area contributed by atoms with Gasteiger partial charge >= 0.3 is 12.7 Å². The number of anilines is 2. The fraction of sp³-hybridized carbons (Fsp3) is 0.0714. The minimum atomic E-state index is -4.78. The van der Waals surface area contributed by atoms with Crippen LogP contribution in [-0.4, -0.2) is 12.7 Å². The lowest BCUT2D eigenvalue weighted by Gasteiger charge is -2.15. The van der Waals surface area contributed by atoms with Crippen LogP contribution in [0.3, 0.4) is 0 Å². The molecule has 0 amide bonds. The van der Waals surface area contributed by atoms with Crippen molar-refractivity contribution in [2.24, 2.45) is 8.73 Å². The predicted molar refractivity (Wildman–Crippen MR) is 158 cm³/mol.